The van der Waals surface area contributed by atoms with Gasteiger partial charge in [0.2, 0.25) is 6.71 Å². The van der Waals surface area contributed by atoms with E-state index in [9.17, 15) is 0 Å². The van der Waals surface area contributed by atoms with Gasteiger partial charge in [0.1, 0.15) is 23.0 Å². The van der Waals surface area contributed by atoms with Crippen LogP contribution in [0.15, 0.2) is 283 Å². The molecule has 0 N–H and O–H groups in total. The van der Waals surface area contributed by atoms with E-state index in [0.29, 0.717) is 0 Å². The molecular formula is C86H61B2N3O2S. The van der Waals surface area contributed by atoms with Crippen LogP contribution in [0.2, 0.25) is 0 Å². The molecule has 0 spiro atoms. The van der Waals surface area contributed by atoms with Crippen LogP contribution in [-0.2, 0) is 10.8 Å². The number of ether oxygens (including phenoxy) is 2. The molecule has 15 aromatic rings. The van der Waals surface area contributed by atoms with E-state index in [1.807, 2.05) is 11.8 Å². The fraction of sp³-hybridized carbons (Fsp3) is 0.0930. The Kier molecular flexibility index (Phi) is 11.4. The highest BCUT2D eigenvalue weighted by Gasteiger charge is 2.45. The molecule has 1 aliphatic carbocycles. The number of para-hydroxylation sites is 5. The first-order chi connectivity index (χ1) is 46.1. The first-order valence-corrected chi connectivity index (χ1v) is 33.9. The van der Waals surface area contributed by atoms with Gasteiger partial charge >= 0.3 is 0 Å². The van der Waals surface area contributed by atoms with Gasteiger partial charge in [-0.25, -0.2) is 0 Å². The summed E-state index contributed by atoms with van der Waals surface area (Å²) in [6, 6.07) is 102. The zero-order chi connectivity index (χ0) is 62.3. The molecule has 444 valence electrons. The third kappa shape index (κ3) is 7.87. The summed E-state index contributed by atoms with van der Waals surface area (Å²) in [5.74, 6) is 3.36. The van der Waals surface area contributed by atoms with Gasteiger partial charge in [-0.1, -0.05) is 221 Å². The molecule has 6 heterocycles. The Hall–Kier alpha value is -10.7. The molecule has 2 aromatic heterocycles. The molecule has 0 bridgehead atoms. The Morgan fingerprint density at radius 1 is 0.340 bits per heavy atom. The van der Waals surface area contributed by atoms with Gasteiger partial charge in [0.15, 0.2) is 0 Å². The molecule has 0 unspecified atom stereocenters. The molecule has 13 aromatic carbocycles. The largest absolute Gasteiger partial charge is 0.458 e. The minimum Gasteiger partial charge on any atom is -0.458 e. The van der Waals surface area contributed by atoms with Crippen molar-refractivity contribution >= 4 is 119 Å². The molecular weight excluding hydrogens is 1160 g/mol. The molecule has 4 aliphatic heterocycles. The molecule has 0 radical (unpaired) electrons. The van der Waals surface area contributed by atoms with Crippen molar-refractivity contribution in [1.82, 2.24) is 9.13 Å². The summed E-state index contributed by atoms with van der Waals surface area (Å²) in [6.45, 7) is 9.58. The van der Waals surface area contributed by atoms with E-state index in [1.54, 1.807) is 0 Å². The fourth-order valence-electron chi connectivity index (χ4n) is 17.0. The van der Waals surface area contributed by atoms with Gasteiger partial charge in [-0.15, -0.1) is 0 Å². The predicted molar refractivity (Wildman–Crippen MR) is 394 cm³/mol. The summed E-state index contributed by atoms with van der Waals surface area (Å²) in [7, 11) is 0. The highest BCUT2D eigenvalue weighted by Crippen LogP contribution is 2.52. The van der Waals surface area contributed by atoms with Crippen molar-refractivity contribution in [3.8, 4) is 67.8 Å². The second-order valence-electron chi connectivity index (χ2n) is 27.7. The smallest absolute Gasteiger partial charge is 0.260 e. The molecule has 5 aliphatic rings. The van der Waals surface area contributed by atoms with Crippen LogP contribution in [0.5, 0.6) is 23.0 Å². The molecule has 20 rings (SSSR count). The van der Waals surface area contributed by atoms with Gasteiger partial charge in [-0.05, 0) is 187 Å². The Bertz CT molecular complexity index is 5660. The lowest BCUT2D eigenvalue weighted by molar-refractivity contribution is 0.333. The average molecular weight is 1220 g/mol. The normalized spacial score (nSPS) is 15.0. The highest BCUT2D eigenvalue weighted by atomic mass is 32.2. The monoisotopic (exact) mass is 1220 g/mol. The summed E-state index contributed by atoms with van der Waals surface area (Å²) in [5.41, 5.74) is 27.6. The Balaban J connectivity index is 0.830. The van der Waals surface area contributed by atoms with Gasteiger partial charge in [0.05, 0.1) is 22.1 Å². The van der Waals surface area contributed by atoms with Crippen LogP contribution < -0.4 is 47.2 Å². The van der Waals surface area contributed by atoms with E-state index in [2.05, 4.69) is 315 Å². The lowest BCUT2D eigenvalue weighted by Gasteiger charge is -2.43. The Morgan fingerprint density at radius 3 is 1.54 bits per heavy atom. The quantitative estimate of drug-likeness (QED) is 0.155. The minimum atomic E-state index is -0.0921. The second kappa shape index (κ2) is 19.9. The zero-order valence-electron chi connectivity index (χ0n) is 52.6. The summed E-state index contributed by atoms with van der Waals surface area (Å²) >= 11 is 1.89. The van der Waals surface area contributed by atoms with Crippen LogP contribution in [0.3, 0.4) is 0 Å². The minimum absolute atomic E-state index is 0.0336. The molecule has 94 heavy (non-hydrogen) atoms. The number of nitrogens with zero attached hydrogens (tertiary/aromatic N) is 3. The maximum Gasteiger partial charge on any atom is 0.260 e. The Morgan fingerprint density at radius 2 is 0.862 bits per heavy atom. The maximum atomic E-state index is 7.27. The van der Waals surface area contributed by atoms with E-state index >= 15 is 0 Å². The number of rotatable bonds is 6. The van der Waals surface area contributed by atoms with Crippen molar-refractivity contribution in [1.29, 1.82) is 0 Å². The van der Waals surface area contributed by atoms with Gasteiger partial charge in [-0.3, -0.25) is 0 Å². The van der Waals surface area contributed by atoms with Crippen LogP contribution >= 0.6 is 11.8 Å². The van der Waals surface area contributed by atoms with Crippen molar-refractivity contribution in [2.75, 3.05) is 4.90 Å². The topological polar surface area (TPSA) is 31.6 Å². The number of aromatic nitrogens is 2. The fourth-order valence-corrected chi connectivity index (χ4v) is 18.3. The van der Waals surface area contributed by atoms with Crippen LogP contribution in [0, 0.1) is 0 Å². The number of anilines is 3. The zero-order valence-corrected chi connectivity index (χ0v) is 53.4. The predicted octanol–water partition coefficient (Wildman–Crippen LogP) is 18.7. The molecule has 5 nitrogen and oxygen atoms in total. The van der Waals surface area contributed by atoms with Gasteiger partial charge < -0.3 is 23.5 Å². The van der Waals surface area contributed by atoms with Gasteiger partial charge in [-0.2, -0.15) is 0 Å². The van der Waals surface area contributed by atoms with Crippen molar-refractivity contribution in [2.24, 2.45) is 0 Å². The SMILES string of the molecule is CC1(C)CCC(C)(C)c2c(-c3ccc(N4c5cc(-n6c7ccccc7c7ccccc76)ccc5B5c6ccc(-n7c8ccccc8c8ccccc87)cc6Sc6cc(-c7cc8c9c(c7)Oc7cc(-c%10ccccc%10)ccc7B9c7ccccc7O8)cc4c65)cc3)cccc21. The number of benzene rings is 13. The lowest BCUT2D eigenvalue weighted by Crippen LogP contribution is -2.59. The van der Waals surface area contributed by atoms with E-state index in [4.69, 9.17) is 9.47 Å². The Labute approximate surface area is 551 Å². The van der Waals surface area contributed by atoms with Crippen molar-refractivity contribution in [3.63, 3.8) is 0 Å². The van der Waals surface area contributed by atoms with Crippen LogP contribution in [0.25, 0.3) is 88.4 Å². The van der Waals surface area contributed by atoms with Gasteiger partial charge in [0, 0.05) is 65.2 Å². The van der Waals surface area contributed by atoms with E-state index < -0.39 is 0 Å². The first kappa shape index (κ1) is 53.9. The first-order valence-electron chi connectivity index (χ1n) is 33.1. The third-order valence-corrected chi connectivity index (χ3v) is 22.7. The molecule has 0 fully saturated rings. The molecule has 0 amide bonds. The standard InChI is InChI=1S/C86H61B2N3O2S/c1-85(2)43-44-86(3,4)82-60(25-18-26-65(82)85)53-33-36-57(37-34-53)89-74-50-58(90-70-28-13-8-21-61(70)62-22-9-14-29-71(62)90)38-41-66(74)87-69-42-39-59(91-72-30-15-10-23-63(72)64-24-11-16-31-73(64)91)51-80(69)94-81-49-55(45-75(89)83(81)87)56-47-78-84-79(48-56)93-77-46-54(52-19-6-5-7-20-52)35-40-68(77)88(84)67-27-12-17-32-76(67)92-78/h5-42,45-51H,43-44H2,1-4H3. The molecule has 8 heteroatoms. The van der Waals surface area contributed by atoms with Crippen LogP contribution in [0.1, 0.15) is 51.7 Å². The van der Waals surface area contributed by atoms with E-state index in [-0.39, 0.29) is 24.3 Å². The van der Waals surface area contributed by atoms with E-state index in [0.717, 1.165) is 96.5 Å². The second-order valence-corrected chi connectivity index (χ2v) is 28.8. The highest BCUT2D eigenvalue weighted by molar-refractivity contribution is 8.00. The number of fused-ring (bicyclic) bond motifs is 15. The summed E-state index contributed by atoms with van der Waals surface area (Å²) in [4.78, 5) is 5.05. The van der Waals surface area contributed by atoms with Crippen LogP contribution in [-0.4, -0.2) is 22.6 Å². The van der Waals surface area contributed by atoms with Crippen molar-refractivity contribution in [3.05, 3.63) is 284 Å². The van der Waals surface area contributed by atoms with E-state index in [1.165, 1.54) is 98.5 Å². The molecule has 0 saturated carbocycles. The summed E-state index contributed by atoms with van der Waals surface area (Å²) in [5, 5.41) is 4.97. The van der Waals surface area contributed by atoms with Crippen molar-refractivity contribution in [2.45, 2.75) is 61.2 Å². The third-order valence-electron chi connectivity index (χ3n) is 21.5. The average Bonchev–Trinajstić information content (AvgIpc) is 0.721. The summed E-state index contributed by atoms with van der Waals surface area (Å²) < 4.78 is 19.3. The van der Waals surface area contributed by atoms with Crippen molar-refractivity contribution < 1.29 is 9.47 Å². The molecule has 0 saturated heterocycles. The summed E-state index contributed by atoms with van der Waals surface area (Å²) in [6.07, 6.45) is 2.31. The molecule has 0 atom stereocenters. The van der Waals surface area contributed by atoms with Gasteiger partial charge in [0.25, 0.3) is 6.71 Å². The van der Waals surface area contributed by atoms with Crippen LogP contribution in [0.4, 0.5) is 17.1 Å². The number of hydrogen-bond acceptors (Lipinski definition) is 4. The number of hydrogen-bond donors (Lipinski definition) is 0. The lowest BCUT2D eigenvalue weighted by atomic mass is 9.34. The maximum absolute atomic E-state index is 7.27.